The molecule has 0 aliphatic heterocycles. The summed E-state index contributed by atoms with van der Waals surface area (Å²) in [7, 11) is 0. The van der Waals surface area contributed by atoms with Crippen molar-refractivity contribution in [3.8, 4) is 0 Å². The van der Waals surface area contributed by atoms with Crippen molar-refractivity contribution in [3.63, 3.8) is 0 Å². The summed E-state index contributed by atoms with van der Waals surface area (Å²) in [6.07, 6.45) is 5.43. The number of thiophene rings is 1. The molecular weight excluding hydrogens is 332 g/mol. The summed E-state index contributed by atoms with van der Waals surface area (Å²) < 4.78 is 8.02. The molecule has 0 fully saturated rings. The van der Waals surface area contributed by atoms with Crippen LogP contribution in [-0.4, -0.2) is 27.1 Å². The zero-order valence-corrected chi connectivity index (χ0v) is 14.6. The molecule has 23 heavy (non-hydrogen) atoms. The van der Waals surface area contributed by atoms with Crippen molar-refractivity contribution >= 4 is 34.7 Å². The van der Waals surface area contributed by atoms with Gasteiger partial charge in [-0.15, -0.1) is 23.1 Å². The molecule has 0 aromatic carbocycles. The Kier molecular flexibility index (Phi) is 4.53. The maximum Gasteiger partial charge on any atom is 0.265 e. The topological polar surface area (TPSA) is 73.0 Å². The Hall–Kier alpha value is -2.06. The van der Waals surface area contributed by atoms with Crippen LogP contribution in [0.25, 0.3) is 0 Å². The van der Waals surface area contributed by atoms with Crippen molar-refractivity contribution in [2.75, 3.05) is 11.6 Å². The van der Waals surface area contributed by atoms with E-state index in [1.807, 2.05) is 32.2 Å². The lowest BCUT2D eigenvalue weighted by Crippen LogP contribution is -2.09. The normalized spacial score (nSPS) is 10.9. The first-order valence-electron chi connectivity index (χ1n) is 6.96. The fraction of sp³-hybridized carbons (Fsp3) is 0.267. The van der Waals surface area contributed by atoms with Gasteiger partial charge in [-0.05, 0) is 32.2 Å². The summed E-state index contributed by atoms with van der Waals surface area (Å²) in [5.74, 6) is 0.666. The Balaban J connectivity index is 1.68. The summed E-state index contributed by atoms with van der Waals surface area (Å²) in [5.41, 5.74) is 2.53. The molecule has 1 amide bonds. The standard InChI is InChI=1S/C15H16N4O2S2/c1-9-12(10(2)21-18-9)8-19-7-11(6-16-19)17-15(20)13-4-5-14(22-3)23-13/h4-7H,8H2,1-3H3,(H,17,20). The molecule has 8 heteroatoms. The largest absolute Gasteiger partial charge is 0.361 e. The van der Waals surface area contributed by atoms with Crippen LogP contribution in [0.4, 0.5) is 5.69 Å². The third-order valence-corrected chi connectivity index (χ3v) is 5.57. The number of carbonyl (C=O) groups is 1. The maximum atomic E-state index is 12.2. The number of hydrogen-bond acceptors (Lipinski definition) is 6. The van der Waals surface area contributed by atoms with Crippen LogP contribution in [0, 0.1) is 13.8 Å². The van der Waals surface area contributed by atoms with Crippen LogP contribution in [0.1, 0.15) is 26.7 Å². The van der Waals surface area contributed by atoms with Gasteiger partial charge >= 0.3 is 0 Å². The van der Waals surface area contributed by atoms with Crippen LogP contribution in [0.15, 0.2) is 33.3 Å². The molecular formula is C15H16N4O2S2. The van der Waals surface area contributed by atoms with Crippen molar-refractivity contribution in [1.82, 2.24) is 14.9 Å². The summed E-state index contributed by atoms with van der Waals surface area (Å²) in [4.78, 5) is 12.9. The van der Waals surface area contributed by atoms with Gasteiger partial charge in [-0.2, -0.15) is 5.10 Å². The number of rotatable bonds is 5. The highest BCUT2D eigenvalue weighted by Crippen LogP contribution is 2.25. The number of nitrogens with one attached hydrogen (secondary N) is 1. The lowest BCUT2D eigenvalue weighted by Gasteiger charge is -2.01. The Labute approximate surface area is 141 Å². The van der Waals surface area contributed by atoms with Crippen molar-refractivity contribution in [2.24, 2.45) is 0 Å². The minimum atomic E-state index is -0.118. The monoisotopic (exact) mass is 348 g/mol. The molecule has 0 spiro atoms. The van der Waals surface area contributed by atoms with Gasteiger partial charge in [0.15, 0.2) is 0 Å². The average Bonchev–Trinajstić information content (AvgIpc) is 3.24. The van der Waals surface area contributed by atoms with Gasteiger partial charge < -0.3 is 9.84 Å². The molecule has 0 bridgehead atoms. The predicted octanol–water partition coefficient (Wildman–Crippen LogP) is 3.57. The quantitative estimate of drug-likeness (QED) is 0.714. The van der Waals surface area contributed by atoms with Gasteiger partial charge in [0.2, 0.25) is 0 Å². The van der Waals surface area contributed by atoms with Crippen LogP contribution >= 0.6 is 23.1 Å². The second-order valence-electron chi connectivity index (χ2n) is 5.01. The average molecular weight is 348 g/mol. The molecule has 0 radical (unpaired) electrons. The van der Waals surface area contributed by atoms with Crippen molar-refractivity contribution in [3.05, 3.63) is 46.4 Å². The highest BCUT2D eigenvalue weighted by Gasteiger charge is 2.13. The number of carbonyl (C=O) groups excluding carboxylic acids is 1. The molecule has 0 aliphatic rings. The number of thioether (sulfide) groups is 1. The number of aryl methyl sites for hydroxylation is 2. The Morgan fingerprint density at radius 3 is 2.91 bits per heavy atom. The summed E-state index contributed by atoms with van der Waals surface area (Å²) >= 11 is 3.11. The molecule has 0 unspecified atom stereocenters. The number of hydrogen-bond donors (Lipinski definition) is 1. The first-order valence-corrected chi connectivity index (χ1v) is 9.00. The lowest BCUT2D eigenvalue weighted by molar-refractivity contribution is 0.103. The van der Waals surface area contributed by atoms with Gasteiger partial charge in [-0.1, -0.05) is 5.16 Å². The zero-order chi connectivity index (χ0) is 16.4. The van der Waals surface area contributed by atoms with Gasteiger partial charge in [0.25, 0.3) is 5.91 Å². The minimum absolute atomic E-state index is 0.118. The first-order chi connectivity index (χ1) is 11.1. The van der Waals surface area contributed by atoms with Crippen LogP contribution in [0.3, 0.4) is 0 Å². The second-order valence-corrected chi connectivity index (χ2v) is 7.20. The van der Waals surface area contributed by atoms with E-state index in [2.05, 4.69) is 15.6 Å². The van der Waals surface area contributed by atoms with E-state index in [0.717, 1.165) is 21.2 Å². The first kappa shape index (κ1) is 15.8. The lowest BCUT2D eigenvalue weighted by atomic mass is 10.2. The van der Waals surface area contributed by atoms with Gasteiger partial charge in [0.05, 0.1) is 33.2 Å². The number of aromatic nitrogens is 3. The van der Waals surface area contributed by atoms with Crippen molar-refractivity contribution < 1.29 is 9.32 Å². The highest BCUT2D eigenvalue weighted by atomic mass is 32.2. The second kappa shape index (κ2) is 6.59. The molecule has 6 nitrogen and oxygen atoms in total. The van der Waals surface area contributed by atoms with E-state index >= 15 is 0 Å². The van der Waals surface area contributed by atoms with Crippen molar-refractivity contribution in [1.29, 1.82) is 0 Å². The number of amides is 1. The van der Waals surface area contributed by atoms with E-state index in [0.29, 0.717) is 17.1 Å². The van der Waals surface area contributed by atoms with E-state index in [9.17, 15) is 4.79 Å². The molecule has 0 aliphatic carbocycles. The highest BCUT2D eigenvalue weighted by molar-refractivity contribution is 8.00. The van der Waals surface area contributed by atoms with Gasteiger partial charge in [0.1, 0.15) is 5.76 Å². The third kappa shape index (κ3) is 3.48. The molecule has 0 saturated heterocycles. The minimum Gasteiger partial charge on any atom is -0.361 e. The van der Waals surface area contributed by atoms with E-state index in [1.54, 1.807) is 28.8 Å². The Morgan fingerprint density at radius 2 is 2.26 bits per heavy atom. The molecule has 3 heterocycles. The number of anilines is 1. The van der Waals surface area contributed by atoms with Crippen LogP contribution in [0.5, 0.6) is 0 Å². The van der Waals surface area contributed by atoms with Gasteiger partial charge in [-0.25, -0.2) is 0 Å². The van der Waals surface area contributed by atoms with E-state index < -0.39 is 0 Å². The van der Waals surface area contributed by atoms with Crippen LogP contribution in [0.2, 0.25) is 0 Å². The maximum absolute atomic E-state index is 12.2. The van der Waals surface area contributed by atoms with E-state index in [1.165, 1.54) is 11.3 Å². The Morgan fingerprint density at radius 1 is 1.43 bits per heavy atom. The Bertz CT molecular complexity index is 815. The molecule has 3 aromatic heterocycles. The van der Waals surface area contributed by atoms with E-state index in [4.69, 9.17) is 4.52 Å². The molecule has 3 rings (SSSR count). The van der Waals surface area contributed by atoms with Gasteiger partial charge in [0, 0.05) is 11.8 Å². The number of nitrogens with zero attached hydrogens (tertiary/aromatic N) is 3. The molecule has 0 saturated carbocycles. The fourth-order valence-corrected chi connectivity index (χ4v) is 3.59. The molecule has 0 atom stereocenters. The van der Waals surface area contributed by atoms with Crippen molar-refractivity contribution in [2.45, 2.75) is 24.6 Å². The SMILES string of the molecule is CSc1ccc(C(=O)Nc2cnn(Cc3c(C)noc3C)c2)s1. The van der Waals surface area contributed by atoms with E-state index in [-0.39, 0.29) is 5.91 Å². The van der Waals surface area contributed by atoms with Crippen LogP contribution in [-0.2, 0) is 6.54 Å². The third-order valence-electron chi connectivity index (χ3n) is 3.40. The molecule has 3 aromatic rings. The summed E-state index contributed by atoms with van der Waals surface area (Å²) in [6.45, 7) is 4.34. The molecule has 120 valence electrons. The summed E-state index contributed by atoms with van der Waals surface area (Å²) in [5, 5.41) is 11.1. The van der Waals surface area contributed by atoms with Gasteiger partial charge in [-0.3, -0.25) is 9.48 Å². The smallest absolute Gasteiger partial charge is 0.265 e. The van der Waals surface area contributed by atoms with Crippen LogP contribution < -0.4 is 5.32 Å². The fourth-order valence-electron chi connectivity index (χ4n) is 2.15. The summed E-state index contributed by atoms with van der Waals surface area (Å²) in [6, 6.07) is 3.78. The zero-order valence-electron chi connectivity index (χ0n) is 13.0. The molecule has 1 N–H and O–H groups in total. The predicted molar refractivity (Wildman–Crippen MR) is 91.4 cm³/mol.